The lowest BCUT2D eigenvalue weighted by atomic mass is 10.1. The predicted octanol–water partition coefficient (Wildman–Crippen LogP) is 5.07. The molecule has 0 fully saturated rings. The van der Waals surface area contributed by atoms with Crippen LogP contribution in [0.5, 0.6) is 0 Å². The molecular weight excluding hydrogens is 168 g/mol. The molecule has 0 spiro atoms. The minimum atomic E-state index is 1.09. The molecule has 0 aromatic heterocycles. The normalized spacial score (nSPS) is 10.8. The largest absolute Gasteiger partial charge is 0.0882 e. The molecule has 1 radical (unpaired) electrons. The first kappa shape index (κ1) is 13.5. The summed E-state index contributed by atoms with van der Waals surface area (Å²) in [6, 6.07) is 0. The van der Waals surface area contributed by atoms with Crippen molar-refractivity contribution in [1.29, 1.82) is 0 Å². The van der Waals surface area contributed by atoms with Crippen LogP contribution in [0.3, 0.4) is 0 Å². The van der Waals surface area contributed by atoms with Crippen molar-refractivity contribution >= 4 is 0 Å². The second-order valence-electron chi connectivity index (χ2n) is 4.05. The van der Waals surface area contributed by atoms with Gasteiger partial charge < -0.3 is 0 Å². The third kappa shape index (κ3) is 11.5. The van der Waals surface area contributed by atoms with Crippen molar-refractivity contribution in [3.05, 3.63) is 30.7 Å². The van der Waals surface area contributed by atoms with E-state index in [-0.39, 0.29) is 0 Å². The molecule has 0 rings (SSSR count). The van der Waals surface area contributed by atoms with Gasteiger partial charge in [0.15, 0.2) is 0 Å². The van der Waals surface area contributed by atoms with Crippen molar-refractivity contribution < 1.29 is 0 Å². The summed E-state index contributed by atoms with van der Waals surface area (Å²) in [6.07, 6.45) is 15.6. The lowest BCUT2D eigenvalue weighted by molar-refractivity contribution is 0.651. The zero-order chi connectivity index (χ0) is 10.6. The SMILES string of the molecule is [CH2]CCCCCC/C=C/CC=C(C)C. The Morgan fingerprint density at radius 2 is 1.71 bits per heavy atom. The Morgan fingerprint density at radius 1 is 1.00 bits per heavy atom. The lowest BCUT2D eigenvalue weighted by Gasteiger charge is -1.95. The number of hydrogen-bond donors (Lipinski definition) is 0. The van der Waals surface area contributed by atoms with E-state index >= 15 is 0 Å². The van der Waals surface area contributed by atoms with Crippen molar-refractivity contribution in [2.75, 3.05) is 0 Å². The van der Waals surface area contributed by atoms with Gasteiger partial charge in [-0.3, -0.25) is 0 Å². The van der Waals surface area contributed by atoms with Gasteiger partial charge in [-0.2, -0.15) is 0 Å². The topological polar surface area (TPSA) is 0 Å². The maximum Gasteiger partial charge on any atom is -0.0167 e. The van der Waals surface area contributed by atoms with Crippen LogP contribution in [-0.2, 0) is 0 Å². The highest BCUT2D eigenvalue weighted by Gasteiger charge is 1.85. The lowest BCUT2D eigenvalue weighted by Crippen LogP contribution is -1.75. The smallest absolute Gasteiger partial charge is 0.0167 e. The van der Waals surface area contributed by atoms with E-state index in [1.54, 1.807) is 0 Å². The van der Waals surface area contributed by atoms with E-state index in [9.17, 15) is 0 Å². The summed E-state index contributed by atoms with van der Waals surface area (Å²) in [7, 11) is 0. The van der Waals surface area contributed by atoms with E-state index in [4.69, 9.17) is 0 Å². The highest BCUT2D eigenvalue weighted by molar-refractivity contribution is 4.98. The minimum absolute atomic E-state index is 1.09. The molecule has 14 heavy (non-hydrogen) atoms. The monoisotopic (exact) mass is 193 g/mol. The molecule has 0 heterocycles. The van der Waals surface area contributed by atoms with Gasteiger partial charge in [0.2, 0.25) is 0 Å². The van der Waals surface area contributed by atoms with Crippen LogP contribution in [0, 0.1) is 6.92 Å². The zero-order valence-corrected chi connectivity index (χ0v) is 9.89. The third-order valence-electron chi connectivity index (χ3n) is 2.20. The second-order valence-corrected chi connectivity index (χ2v) is 4.05. The van der Waals surface area contributed by atoms with Gasteiger partial charge in [-0.1, -0.05) is 56.4 Å². The fourth-order valence-electron chi connectivity index (χ4n) is 1.31. The van der Waals surface area contributed by atoms with Crippen LogP contribution in [-0.4, -0.2) is 0 Å². The van der Waals surface area contributed by atoms with Gasteiger partial charge in [0.25, 0.3) is 0 Å². The van der Waals surface area contributed by atoms with Gasteiger partial charge in [-0.05, 0) is 33.1 Å². The molecule has 81 valence electrons. The summed E-state index contributed by atoms with van der Waals surface area (Å²) in [6.45, 7) is 8.13. The quantitative estimate of drug-likeness (QED) is 0.373. The van der Waals surface area contributed by atoms with E-state index < -0.39 is 0 Å². The summed E-state index contributed by atoms with van der Waals surface area (Å²) >= 11 is 0. The Hall–Kier alpha value is -0.520. The molecule has 0 atom stereocenters. The molecule has 0 heteroatoms. The molecular formula is C14H25. The fourth-order valence-corrected chi connectivity index (χ4v) is 1.31. The Balaban J connectivity index is 3.15. The Labute approximate surface area is 90.1 Å². The van der Waals surface area contributed by atoms with Gasteiger partial charge >= 0.3 is 0 Å². The van der Waals surface area contributed by atoms with E-state index in [1.807, 2.05) is 0 Å². The number of rotatable bonds is 8. The average Bonchev–Trinajstić information content (AvgIpc) is 2.15. The first-order valence-corrected chi connectivity index (χ1v) is 5.85. The molecule has 0 saturated heterocycles. The first-order valence-electron chi connectivity index (χ1n) is 5.85. The Kier molecular flexibility index (Phi) is 10.2. The van der Waals surface area contributed by atoms with Crippen molar-refractivity contribution in [3.8, 4) is 0 Å². The summed E-state index contributed by atoms with van der Waals surface area (Å²) in [5.41, 5.74) is 1.41. The molecule has 0 aliphatic rings. The van der Waals surface area contributed by atoms with Crippen LogP contribution in [0.4, 0.5) is 0 Å². The van der Waals surface area contributed by atoms with Crippen LogP contribution in [0.2, 0.25) is 0 Å². The highest BCUT2D eigenvalue weighted by Crippen LogP contribution is 2.05. The Bertz CT molecular complexity index is 159. The third-order valence-corrected chi connectivity index (χ3v) is 2.20. The van der Waals surface area contributed by atoms with Crippen molar-refractivity contribution in [2.45, 2.75) is 58.8 Å². The van der Waals surface area contributed by atoms with Gasteiger partial charge in [0.1, 0.15) is 0 Å². The average molecular weight is 193 g/mol. The predicted molar refractivity (Wildman–Crippen MR) is 66.2 cm³/mol. The van der Waals surface area contributed by atoms with Gasteiger partial charge in [0.05, 0.1) is 0 Å². The summed E-state index contributed by atoms with van der Waals surface area (Å²) in [5.74, 6) is 0. The summed E-state index contributed by atoms with van der Waals surface area (Å²) < 4.78 is 0. The molecule has 0 aromatic carbocycles. The van der Waals surface area contributed by atoms with Crippen molar-refractivity contribution in [3.63, 3.8) is 0 Å². The van der Waals surface area contributed by atoms with Crippen LogP contribution in [0.15, 0.2) is 23.8 Å². The Morgan fingerprint density at radius 3 is 2.36 bits per heavy atom. The van der Waals surface area contributed by atoms with E-state index in [1.165, 1.54) is 37.7 Å². The number of hydrogen-bond acceptors (Lipinski definition) is 0. The zero-order valence-electron chi connectivity index (χ0n) is 9.89. The van der Waals surface area contributed by atoms with Crippen molar-refractivity contribution in [1.82, 2.24) is 0 Å². The molecule has 0 aliphatic heterocycles. The number of unbranched alkanes of at least 4 members (excludes halogenated alkanes) is 5. The highest BCUT2D eigenvalue weighted by atomic mass is 13.9. The van der Waals surface area contributed by atoms with Crippen LogP contribution >= 0.6 is 0 Å². The van der Waals surface area contributed by atoms with E-state index in [0.717, 1.165) is 12.8 Å². The molecule has 0 saturated carbocycles. The maximum atomic E-state index is 3.84. The summed E-state index contributed by atoms with van der Waals surface area (Å²) in [4.78, 5) is 0. The first-order chi connectivity index (χ1) is 6.77. The minimum Gasteiger partial charge on any atom is -0.0882 e. The van der Waals surface area contributed by atoms with Crippen LogP contribution in [0.25, 0.3) is 0 Å². The van der Waals surface area contributed by atoms with Crippen LogP contribution < -0.4 is 0 Å². The molecule has 0 aromatic rings. The van der Waals surface area contributed by atoms with E-state index in [0.29, 0.717) is 0 Å². The van der Waals surface area contributed by atoms with Gasteiger partial charge in [0, 0.05) is 0 Å². The van der Waals surface area contributed by atoms with Crippen LogP contribution in [0.1, 0.15) is 58.8 Å². The van der Waals surface area contributed by atoms with Gasteiger partial charge in [-0.15, -0.1) is 0 Å². The maximum absolute atomic E-state index is 3.84. The molecule has 0 nitrogen and oxygen atoms in total. The van der Waals surface area contributed by atoms with Crippen molar-refractivity contribution in [2.24, 2.45) is 0 Å². The molecule has 0 amide bonds. The van der Waals surface area contributed by atoms with Gasteiger partial charge in [-0.25, -0.2) is 0 Å². The van der Waals surface area contributed by atoms with E-state index in [2.05, 4.69) is 39.0 Å². The second kappa shape index (κ2) is 10.6. The molecule has 0 N–H and O–H groups in total. The summed E-state index contributed by atoms with van der Waals surface area (Å²) in [5, 5.41) is 0. The standard InChI is InChI=1S/C14H25/c1-4-5-6-7-8-9-10-11-12-13-14(2)3/h10-11,13H,1,4-9,12H2,2-3H3/b11-10+. The fraction of sp³-hybridized carbons (Fsp3) is 0.643. The molecule has 0 bridgehead atoms. The molecule has 0 aliphatic carbocycles. The number of allylic oxidation sites excluding steroid dienone is 4. The molecule has 0 unspecified atom stereocenters.